The van der Waals surface area contributed by atoms with Crippen molar-refractivity contribution in [3.05, 3.63) is 53.2 Å². The zero-order valence-electron chi connectivity index (χ0n) is 12.4. The zero-order valence-corrected chi connectivity index (χ0v) is 12.4. The fourth-order valence-electron chi connectivity index (χ4n) is 2.07. The summed E-state index contributed by atoms with van der Waals surface area (Å²) in [5.74, 6) is 1.46. The van der Waals surface area contributed by atoms with E-state index in [4.69, 9.17) is 10.5 Å². The summed E-state index contributed by atoms with van der Waals surface area (Å²) in [6, 6.07) is 10.2. The van der Waals surface area contributed by atoms with Crippen LogP contribution in [0.4, 0.5) is 0 Å². The van der Waals surface area contributed by atoms with Crippen molar-refractivity contribution in [2.75, 3.05) is 0 Å². The third-order valence-corrected chi connectivity index (χ3v) is 3.36. The Morgan fingerprint density at radius 1 is 1.20 bits per heavy atom. The van der Waals surface area contributed by atoms with Crippen molar-refractivity contribution in [1.82, 2.24) is 4.98 Å². The number of hydrogen-bond donors (Lipinski definition) is 1. The van der Waals surface area contributed by atoms with Gasteiger partial charge in [0.25, 0.3) is 0 Å². The third-order valence-electron chi connectivity index (χ3n) is 3.36. The number of nitrogens with zero attached hydrogens (tertiary/aromatic N) is 1. The molecule has 2 N–H and O–H groups in total. The summed E-state index contributed by atoms with van der Waals surface area (Å²) >= 11 is 0. The number of pyridine rings is 1. The third kappa shape index (κ3) is 3.81. The number of ether oxygens (including phenoxy) is 1. The molecule has 106 valence electrons. The van der Waals surface area contributed by atoms with Crippen LogP contribution in [-0.2, 0) is 6.42 Å². The van der Waals surface area contributed by atoms with Crippen molar-refractivity contribution in [2.45, 2.75) is 39.7 Å². The highest BCUT2D eigenvalue weighted by Gasteiger charge is 2.05. The van der Waals surface area contributed by atoms with E-state index in [2.05, 4.69) is 24.9 Å². The van der Waals surface area contributed by atoms with Crippen molar-refractivity contribution in [1.29, 1.82) is 0 Å². The first-order valence-corrected chi connectivity index (χ1v) is 7.04. The molecule has 0 spiro atoms. The van der Waals surface area contributed by atoms with Crippen molar-refractivity contribution in [2.24, 2.45) is 5.73 Å². The van der Waals surface area contributed by atoms with Crippen LogP contribution in [0.25, 0.3) is 0 Å². The maximum atomic E-state index is 5.94. The summed E-state index contributed by atoms with van der Waals surface area (Å²) in [7, 11) is 0. The molecule has 0 aliphatic carbocycles. The second-order valence-electron chi connectivity index (χ2n) is 5.25. The molecular formula is C17H22N2O. The number of hydrogen-bond acceptors (Lipinski definition) is 3. The molecule has 0 aliphatic rings. The lowest BCUT2D eigenvalue weighted by Gasteiger charge is -2.10. The van der Waals surface area contributed by atoms with Crippen LogP contribution >= 0.6 is 0 Å². The van der Waals surface area contributed by atoms with Crippen molar-refractivity contribution >= 4 is 0 Å². The van der Waals surface area contributed by atoms with Gasteiger partial charge in [0, 0.05) is 18.3 Å². The molecule has 3 nitrogen and oxygen atoms in total. The predicted octanol–water partition coefficient (Wildman–Crippen LogP) is 3.77. The zero-order chi connectivity index (χ0) is 14.5. The van der Waals surface area contributed by atoms with E-state index in [0.717, 1.165) is 29.7 Å². The molecule has 0 saturated carbocycles. The van der Waals surface area contributed by atoms with Crippen LogP contribution in [0.3, 0.4) is 0 Å². The predicted molar refractivity (Wildman–Crippen MR) is 82.2 cm³/mol. The molecule has 2 rings (SSSR count). The van der Waals surface area contributed by atoms with E-state index in [1.54, 1.807) is 0 Å². The molecule has 20 heavy (non-hydrogen) atoms. The Balaban J connectivity index is 2.07. The lowest BCUT2D eigenvalue weighted by molar-refractivity contribution is 0.458. The van der Waals surface area contributed by atoms with Crippen LogP contribution in [0.1, 0.15) is 30.0 Å². The molecule has 0 fully saturated rings. The fourth-order valence-corrected chi connectivity index (χ4v) is 2.07. The van der Waals surface area contributed by atoms with Crippen LogP contribution in [0.5, 0.6) is 11.6 Å². The first-order valence-electron chi connectivity index (χ1n) is 7.04. The molecular weight excluding hydrogens is 248 g/mol. The number of nitrogens with two attached hydrogens (primary N) is 1. The highest BCUT2D eigenvalue weighted by Crippen LogP contribution is 2.24. The van der Waals surface area contributed by atoms with E-state index < -0.39 is 0 Å². The van der Waals surface area contributed by atoms with Gasteiger partial charge < -0.3 is 10.5 Å². The molecule has 1 aromatic heterocycles. The van der Waals surface area contributed by atoms with Crippen LogP contribution in [0.15, 0.2) is 36.5 Å². The molecule has 1 atom stereocenters. The van der Waals surface area contributed by atoms with Gasteiger partial charge in [-0.2, -0.15) is 0 Å². The summed E-state index contributed by atoms with van der Waals surface area (Å²) in [5.41, 5.74) is 9.43. The largest absolute Gasteiger partial charge is 0.439 e. The van der Waals surface area contributed by atoms with Gasteiger partial charge in [0.05, 0.1) is 0 Å². The van der Waals surface area contributed by atoms with Crippen LogP contribution in [0, 0.1) is 13.8 Å². The molecule has 0 amide bonds. The molecule has 0 bridgehead atoms. The van der Waals surface area contributed by atoms with Gasteiger partial charge in [-0.15, -0.1) is 0 Å². The maximum absolute atomic E-state index is 5.94. The molecule has 1 heterocycles. The fraction of sp³-hybridized carbons (Fsp3) is 0.353. The average molecular weight is 270 g/mol. The van der Waals surface area contributed by atoms with Crippen LogP contribution in [0.2, 0.25) is 0 Å². The minimum absolute atomic E-state index is 0.197. The van der Waals surface area contributed by atoms with Gasteiger partial charge in [-0.3, -0.25) is 0 Å². The van der Waals surface area contributed by atoms with Gasteiger partial charge in [-0.25, -0.2) is 4.98 Å². The number of aryl methyl sites for hydroxylation is 2. The monoisotopic (exact) mass is 270 g/mol. The standard InChI is InChI=1S/C17H22N2O/c1-4-15(18)10-14-6-8-17(19-11-14)20-16-7-5-12(2)9-13(16)3/h5-9,11,15H,4,10,18H2,1-3H3. The van der Waals surface area contributed by atoms with Gasteiger partial charge >= 0.3 is 0 Å². The Bertz CT molecular complexity index is 564. The molecule has 0 saturated heterocycles. The maximum Gasteiger partial charge on any atom is 0.219 e. The quantitative estimate of drug-likeness (QED) is 0.899. The Kier molecular flexibility index (Phi) is 4.74. The second-order valence-corrected chi connectivity index (χ2v) is 5.25. The molecule has 3 heteroatoms. The highest BCUT2D eigenvalue weighted by atomic mass is 16.5. The summed E-state index contributed by atoms with van der Waals surface area (Å²) < 4.78 is 5.81. The van der Waals surface area contributed by atoms with Crippen LogP contribution in [-0.4, -0.2) is 11.0 Å². The van der Waals surface area contributed by atoms with E-state index in [1.807, 2.05) is 37.4 Å². The lowest BCUT2D eigenvalue weighted by atomic mass is 10.1. The molecule has 2 aromatic rings. The molecule has 1 unspecified atom stereocenters. The van der Waals surface area contributed by atoms with Crippen LogP contribution < -0.4 is 10.5 Å². The first kappa shape index (κ1) is 14.5. The van der Waals surface area contributed by atoms with E-state index in [1.165, 1.54) is 5.56 Å². The highest BCUT2D eigenvalue weighted by molar-refractivity contribution is 5.38. The lowest BCUT2D eigenvalue weighted by Crippen LogP contribution is -2.21. The number of rotatable bonds is 5. The van der Waals surface area contributed by atoms with Crippen molar-refractivity contribution < 1.29 is 4.74 Å². The smallest absolute Gasteiger partial charge is 0.219 e. The minimum Gasteiger partial charge on any atom is -0.439 e. The Hall–Kier alpha value is -1.87. The van der Waals surface area contributed by atoms with Crippen molar-refractivity contribution in [3.63, 3.8) is 0 Å². The molecule has 1 aromatic carbocycles. The Labute approximate surface area is 120 Å². The van der Waals surface area contributed by atoms with Gasteiger partial charge in [-0.05, 0) is 43.9 Å². The molecule has 0 radical (unpaired) electrons. The summed E-state index contributed by atoms with van der Waals surface area (Å²) in [4.78, 5) is 4.35. The second kappa shape index (κ2) is 6.53. The van der Waals surface area contributed by atoms with Gasteiger partial charge in [0.15, 0.2) is 0 Å². The van der Waals surface area contributed by atoms with E-state index in [9.17, 15) is 0 Å². The first-order chi connectivity index (χ1) is 9.58. The number of aromatic nitrogens is 1. The van der Waals surface area contributed by atoms with E-state index >= 15 is 0 Å². The van der Waals surface area contributed by atoms with E-state index in [-0.39, 0.29) is 6.04 Å². The normalized spacial score (nSPS) is 12.2. The van der Waals surface area contributed by atoms with Gasteiger partial charge in [0.1, 0.15) is 5.75 Å². The Morgan fingerprint density at radius 2 is 2.00 bits per heavy atom. The topological polar surface area (TPSA) is 48.1 Å². The Morgan fingerprint density at radius 3 is 2.60 bits per heavy atom. The van der Waals surface area contributed by atoms with Gasteiger partial charge in [0.2, 0.25) is 5.88 Å². The average Bonchev–Trinajstić information content (AvgIpc) is 2.44. The minimum atomic E-state index is 0.197. The molecule has 0 aliphatic heterocycles. The number of benzene rings is 1. The summed E-state index contributed by atoms with van der Waals surface area (Å²) in [6.07, 6.45) is 3.67. The van der Waals surface area contributed by atoms with E-state index in [0.29, 0.717) is 5.88 Å². The van der Waals surface area contributed by atoms with Crippen molar-refractivity contribution in [3.8, 4) is 11.6 Å². The van der Waals surface area contributed by atoms with Gasteiger partial charge in [-0.1, -0.05) is 30.7 Å². The summed E-state index contributed by atoms with van der Waals surface area (Å²) in [6.45, 7) is 6.20. The summed E-state index contributed by atoms with van der Waals surface area (Å²) in [5, 5.41) is 0. The SMILES string of the molecule is CCC(N)Cc1ccc(Oc2ccc(C)cc2C)nc1.